The van der Waals surface area contributed by atoms with Crippen LogP contribution >= 0.6 is 0 Å². The van der Waals surface area contributed by atoms with E-state index in [4.69, 9.17) is 9.94 Å². The summed E-state index contributed by atoms with van der Waals surface area (Å²) in [5.41, 5.74) is 0.412. The quantitative estimate of drug-likeness (QED) is 0.491. The van der Waals surface area contributed by atoms with E-state index >= 15 is 0 Å². The molecule has 0 bridgehead atoms. The van der Waals surface area contributed by atoms with Crippen molar-refractivity contribution in [1.29, 1.82) is 0 Å². The number of rotatable bonds is 7. The van der Waals surface area contributed by atoms with Crippen LogP contribution in [0.5, 0.6) is 0 Å². The molecule has 0 unspecified atom stereocenters. The Labute approximate surface area is 81.6 Å². The summed E-state index contributed by atoms with van der Waals surface area (Å²) in [7, 11) is 1.58. The van der Waals surface area contributed by atoms with E-state index in [1.165, 1.54) is 12.8 Å². The van der Waals surface area contributed by atoms with Gasteiger partial charge in [0.25, 0.3) is 0 Å². The molecule has 13 heavy (non-hydrogen) atoms. The van der Waals surface area contributed by atoms with Crippen molar-refractivity contribution in [1.82, 2.24) is 5.06 Å². The van der Waals surface area contributed by atoms with E-state index in [9.17, 15) is 0 Å². The SMILES string of the molecule is CCC(C)(C)CCCN(CO)OC. The number of nitrogens with zero attached hydrogens (tertiary/aromatic N) is 1. The van der Waals surface area contributed by atoms with Gasteiger partial charge in [-0.1, -0.05) is 27.2 Å². The molecule has 0 amide bonds. The van der Waals surface area contributed by atoms with Gasteiger partial charge in [-0.3, -0.25) is 0 Å². The lowest BCUT2D eigenvalue weighted by Crippen LogP contribution is -2.25. The molecule has 0 atom stereocenters. The first-order valence-corrected chi connectivity index (χ1v) is 4.95. The molecular weight excluding hydrogens is 166 g/mol. The highest BCUT2D eigenvalue weighted by atomic mass is 16.7. The van der Waals surface area contributed by atoms with E-state index in [1.54, 1.807) is 12.2 Å². The Morgan fingerprint density at radius 3 is 2.38 bits per heavy atom. The number of hydroxylamine groups is 2. The van der Waals surface area contributed by atoms with E-state index in [1.807, 2.05) is 0 Å². The minimum atomic E-state index is -0.0247. The van der Waals surface area contributed by atoms with Crippen LogP contribution in [0.1, 0.15) is 40.0 Å². The van der Waals surface area contributed by atoms with Crippen LogP contribution in [0.15, 0.2) is 0 Å². The van der Waals surface area contributed by atoms with Gasteiger partial charge in [-0.15, -0.1) is 0 Å². The molecule has 0 saturated carbocycles. The van der Waals surface area contributed by atoms with Crippen LogP contribution < -0.4 is 0 Å². The molecule has 0 heterocycles. The zero-order valence-electron chi connectivity index (χ0n) is 9.34. The van der Waals surface area contributed by atoms with Crippen LogP contribution in [-0.4, -0.2) is 30.6 Å². The molecule has 0 aromatic carbocycles. The second-order valence-electron chi connectivity index (χ2n) is 4.15. The van der Waals surface area contributed by atoms with Crippen molar-refractivity contribution in [3.8, 4) is 0 Å². The molecule has 0 aromatic rings. The maximum Gasteiger partial charge on any atom is 0.119 e. The van der Waals surface area contributed by atoms with Gasteiger partial charge < -0.3 is 9.94 Å². The fraction of sp³-hybridized carbons (Fsp3) is 1.00. The number of hydrogen-bond donors (Lipinski definition) is 1. The molecule has 0 saturated heterocycles. The number of hydrogen-bond acceptors (Lipinski definition) is 3. The summed E-state index contributed by atoms with van der Waals surface area (Å²) in [6.45, 7) is 7.52. The molecule has 0 aromatic heterocycles. The normalized spacial score (nSPS) is 12.5. The molecule has 0 spiro atoms. The summed E-state index contributed by atoms with van der Waals surface area (Å²) in [5.74, 6) is 0. The van der Waals surface area contributed by atoms with Crippen molar-refractivity contribution in [2.24, 2.45) is 5.41 Å². The third kappa shape index (κ3) is 6.02. The molecule has 3 heteroatoms. The van der Waals surface area contributed by atoms with Crippen molar-refractivity contribution < 1.29 is 9.94 Å². The third-order valence-electron chi connectivity index (χ3n) is 2.63. The van der Waals surface area contributed by atoms with Crippen LogP contribution in [0, 0.1) is 5.41 Å². The maximum atomic E-state index is 8.81. The van der Waals surface area contributed by atoms with Crippen LogP contribution in [0.25, 0.3) is 0 Å². The summed E-state index contributed by atoms with van der Waals surface area (Å²) in [5, 5.41) is 10.4. The second kappa shape index (κ2) is 6.35. The monoisotopic (exact) mass is 189 g/mol. The van der Waals surface area contributed by atoms with E-state index in [-0.39, 0.29) is 6.73 Å². The lowest BCUT2D eigenvalue weighted by Gasteiger charge is -2.24. The highest BCUT2D eigenvalue weighted by Gasteiger charge is 2.14. The van der Waals surface area contributed by atoms with E-state index in [2.05, 4.69) is 20.8 Å². The molecule has 0 aliphatic heterocycles. The highest BCUT2D eigenvalue weighted by Crippen LogP contribution is 2.25. The standard InChI is InChI=1S/C10H23NO2/c1-5-10(2,3)7-6-8-11(9-12)13-4/h12H,5-9H2,1-4H3. The average Bonchev–Trinajstić information content (AvgIpc) is 2.12. The van der Waals surface area contributed by atoms with Gasteiger partial charge in [0, 0.05) is 6.54 Å². The molecule has 1 N–H and O–H groups in total. The van der Waals surface area contributed by atoms with Gasteiger partial charge in [-0.2, -0.15) is 5.06 Å². The summed E-state index contributed by atoms with van der Waals surface area (Å²) in [6.07, 6.45) is 3.43. The van der Waals surface area contributed by atoms with Gasteiger partial charge >= 0.3 is 0 Å². The first kappa shape index (κ1) is 12.9. The largest absolute Gasteiger partial charge is 0.379 e. The minimum absolute atomic E-state index is 0.0247. The Hall–Kier alpha value is -0.120. The van der Waals surface area contributed by atoms with Crippen molar-refractivity contribution in [2.75, 3.05) is 20.4 Å². The van der Waals surface area contributed by atoms with Crippen molar-refractivity contribution in [3.63, 3.8) is 0 Å². The molecule has 0 rings (SSSR count). The maximum absolute atomic E-state index is 8.81. The lowest BCUT2D eigenvalue weighted by atomic mass is 9.85. The molecule has 0 aliphatic carbocycles. The third-order valence-corrected chi connectivity index (χ3v) is 2.63. The number of aliphatic hydroxyl groups is 1. The number of aliphatic hydroxyl groups excluding tert-OH is 1. The Morgan fingerprint density at radius 1 is 1.38 bits per heavy atom. The molecule has 3 nitrogen and oxygen atoms in total. The van der Waals surface area contributed by atoms with Crippen molar-refractivity contribution in [2.45, 2.75) is 40.0 Å². The molecule has 0 aliphatic rings. The van der Waals surface area contributed by atoms with Gasteiger partial charge in [0.05, 0.1) is 7.11 Å². The van der Waals surface area contributed by atoms with Crippen LogP contribution in [0.2, 0.25) is 0 Å². The fourth-order valence-electron chi connectivity index (χ4n) is 1.13. The highest BCUT2D eigenvalue weighted by molar-refractivity contribution is 4.66. The van der Waals surface area contributed by atoms with Gasteiger partial charge in [0.15, 0.2) is 0 Å². The smallest absolute Gasteiger partial charge is 0.119 e. The van der Waals surface area contributed by atoms with E-state index in [0.29, 0.717) is 5.41 Å². The van der Waals surface area contributed by atoms with E-state index in [0.717, 1.165) is 13.0 Å². The minimum Gasteiger partial charge on any atom is -0.379 e. The first-order chi connectivity index (χ1) is 6.05. The van der Waals surface area contributed by atoms with Crippen LogP contribution in [-0.2, 0) is 4.84 Å². The van der Waals surface area contributed by atoms with Gasteiger partial charge in [0.2, 0.25) is 0 Å². The van der Waals surface area contributed by atoms with Gasteiger partial charge in [-0.25, -0.2) is 0 Å². The van der Waals surface area contributed by atoms with Crippen LogP contribution in [0.4, 0.5) is 0 Å². The molecule has 0 fully saturated rings. The first-order valence-electron chi connectivity index (χ1n) is 4.95. The predicted octanol–water partition coefficient (Wildman–Crippen LogP) is 2.02. The second-order valence-corrected chi connectivity index (χ2v) is 4.15. The zero-order chi connectivity index (χ0) is 10.3. The molecule has 80 valence electrons. The summed E-state index contributed by atoms with van der Waals surface area (Å²) in [4.78, 5) is 4.93. The lowest BCUT2D eigenvalue weighted by molar-refractivity contribution is -0.174. The Balaban J connectivity index is 3.54. The Kier molecular flexibility index (Phi) is 6.29. The molecular formula is C10H23NO2. The fourth-order valence-corrected chi connectivity index (χ4v) is 1.13. The zero-order valence-corrected chi connectivity index (χ0v) is 9.34. The van der Waals surface area contributed by atoms with E-state index < -0.39 is 0 Å². The Morgan fingerprint density at radius 2 is 2.00 bits per heavy atom. The van der Waals surface area contributed by atoms with Gasteiger partial charge in [-0.05, 0) is 18.3 Å². The van der Waals surface area contributed by atoms with Gasteiger partial charge in [0.1, 0.15) is 6.73 Å². The summed E-state index contributed by atoms with van der Waals surface area (Å²) in [6, 6.07) is 0. The topological polar surface area (TPSA) is 32.7 Å². The predicted molar refractivity (Wildman–Crippen MR) is 54.1 cm³/mol. The van der Waals surface area contributed by atoms with Crippen molar-refractivity contribution >= 4 is 0 Å². The van der Waals surface area contributed by atoms with Crippen molar-refractivity contribution in [3.05, 3.63) is 0 Å². The average molecular weight is 189 g/mol. The van der Waals surface area contributed by atoms with Crippen LogP contribution in [0.3, 0.4) is 0 Å². The summed E-state index contributed by atoms with van der Waals surface area (Å²) < 4.78 is 0. The summed E-state index contributed by atoms with van der Waals surface area (Å²) >= 11 is 0. The molecule has 0 radical (unpaired) electrons. The Bertz CT molecular complexity index is 122.